The molecule has 1 aliphatic rings. The molecule has 0 aliphatic carbocycles. The van der Waals surface area contributed by atoms with E-state index in [9.17, 15) is 0 Å². The molecular formula is C13H19NO. The predicted octanol–water partition coefficient (Wildman–Crippen LogP) is 2.68. The average molecular weight is 205 g/mol. The van der Waals surface area contributed by atoms with Gasteiger partial charge < -0.3 is 10.1 Å². The number of fused-ring (bicyclic) bond motifs is 1. The second kappa shape index (κ2) is 4.67. The van der Waals surface area contributed by atoms with Crippen LogP contribution in [0.1, 0.15) is 37.3 Å². The van der Waals surface area contributed by atoms with Crippen LogP contribution in [0.15, 0.2) is 18.2 Å². The van der Waals surface area contributed by atoms with Gasteiger partial charge in [0.05, 0.1) is 6.61 Å². The first-order valence-corrected chi connectivity index (χ1v) is 5.77. The molecule has 1 unspecified atom stereocenters. The molecule has 1 aliphatic heterocycles. The lowest BCUT2D eigenvalue weighted by molar-refractivity contribution is 0.316. The third kappa shape index (κ3) is 2.32. The third-order valence-electron chi connectivity index (χ3n) is 2.88. The van der Waals surface area contributed by atoms with Crippen molar-refractivity contribution in [2.24, 2.45) is 0 Å². The van der Waals surface area contributed by atoms with Gasteiger partial charge in [0.25, 0.3) is 0 Å². The molecule has 1 aromatic carbocycles. The molecule has 0 amide bonds. The molecule has 1 N–H and O–H groups in total. The minimum Gasteiger partial charge on any atom is -0.494 e. The number of hydrogen-bond donors (Lipinski definition) is 1. The van der Waals surface area contributed by atoms with Crippen LogP contribution in [0.3, 0.4) is 0 Å². The minimum atomic E-state index is 0.619. The molecule has 15 heavy (non-hydrogen) atoms. The highest BCUT2D eigenvalue weighted by atomic mass is 16.5. The molecule has 2 rings (SSSR count). The van der Waals surface area contributed by atoms with Crippen molar-refractivity contribution in [3.8, 4) is 5.75 Å². The van der Waals surface area contributed by atoms with Gasteiger partial charge in [0, 0.05) is 13.1 Å². The van der Waals surface area contributed by atoms with Gasteiger partial charge in [-0.05, 0) is 35.6 Å². The highest BCUT2D eigenvalue weighted by molar-refractivity contribution is 5.39. The summed E-state index contributed by atoms with van der Waals surface area (Å²) >= 11 is 0. The summed E-state index contributed by atoms with van der Waals surface area (Å²) in [6.07, 6.45) is 1.06. The lowest BCUT2D eigenvalue weighted by Crippen LogP contribution is -2.26. The molecule has 1 heterocycles. The van der Waals surface area contributed by atoms with Crippen LogP contribution in [0.25, 0.3) is 0 Å². The Kier molecular flexibility index (Phi) is 3.27. The van der Waals surface area contributed by atoms with Gasteiger partial charge in [0.1, 0.15) is 5.75 Å². The maximum atomic E-state index is 5.63. The van der Waals surface area contributed by atoms with E-state index >= 15 is 0 Å². The van der Waals surface area contributed by atoms with Gasteiger partial charge >= 0.3 is 0 Å². The van der Waals surface area contributed by atoms with Crippen molar-refractivity contribution in [3.63, 3.8) is 0 Å². The third-order valence-corrected chi connectivity index (χ3v) is 2.88. The number of ether oxygens (including phenoxy) is 1. The molecule has 0 bridgehead atoms. The summed E-state index contributed by atoms with van der Waals surface area (Å²) in [7, 11) is 0. The Hall–Kier alpha value is -1.02. The number of benzene rings is 1. The first-order valence-electron chi connectivity index (χ1n) is 5.77. The topological polar surface area (TPSA) is 21.3 Å². The van der Waals surface area contributed by atoms with Crippen LogP contribution in [0, 0.1) is 0 Å². The van der Waals surface area contributed by atoms with E-state index in [1.165, 1.54) is 11.1 Å². The number of hydrogen-bond acceptors (Lipinski definition) is 2. The minimum absolute atomic E-state index is 0.619. The molecule has 0 spiro atoms. The molecule has 1 aromatic rings. The maximum absolute atomic E-state index is 5.63. The standard InChI is InChI=1S/C13H19NO/c1-3-6-15-12-4-5-13-10(2)8-14-9-11(13)7-12/h4-5,7,10,14H,3,6,8-9H2,1-2H3. The molecule has 0 fully saturated rings. The first-order chi connectivity index (χ1) is 7.31. The summed E-state index contributed by atoms with van der Waals surface area (Å²) in [6, 6.07) is 6.48. The van der Waals surface area contributed by atoms with E-state index < -0.39 is 0 Å². The Labute approximate surface area is 91.6 Å². The van der Waals surface area contributed by atoms with Gasteiger partial charge in [-0.3, -0.25) is 0 Å². The summed E-state index contributed by atoms with van der Waals surface area (Å²) in [4.78, 5) is 0. The van der Waals surface area contributed by atoms with Crippen LogP contribution >= 0.6 is 0 Å². The van der Waals surface area contributed by atoms with E-state index in [-0.39, 0.29) is 0 Å². The van der Waals surface area contributed by atoms with Crippen LogP contribution < -0.4 is 10.1 Å². The van der Waals surface area contributed by atoms with Crippen molar-refractivity contribution in [1.82, 2.24) is 5.32 Å². The van der Waals surface area contributed by atoms with Crippen molar-refractivity contribution < 1.29 is 4.74 Å². The summed E-state index contributed by atoms with van der Waals surface area (Å²) in [5, 5.41) is 3.42. The fourth-order valence-corrected chi connectivity index (χ4v) is 2.06. The van der Waals surface area contributed by atoms with Gasteiger partial charge in [-0.2, -0.15) is 0 Å². The van der Waals surface area contributed by atoms with Gasteiger partial charge in [-0.25, -0.2) is 0 Å². The highest BCUT2D eigenvalue weighted by Gasteiger charge is 2.15. The number of nitrogens with one attached hydrogen (secondary N) is 1. The van der Waals surface area contributed by atoms with Crippen molar-refractivity contribution in [2.45, 2.75) is 32.7 Å². The molecule has 82 valence electrons. The SMILES string of the molecule is CCCOc1ccc2c(c1)CNCC2C. The second-order valence-corrected chi connectivity index (χ2v) is 4.24. The zero-order valence-corrected chi connectivity index (χ0v) is 9.55. The van der Waals surface area contributed by atoms with Crippen molar-refractivity contribution in [3.05, 3.63) is 29.3 Å². The zero-order chi connectivity index (χ0) is 10.7. The summed E-state index contributed by atoms with van der Waals surface area (Å²) in [5.74, 6) is 1.63. The van der Waals surface area contributed by atoms with E-state index in [1.807, 2.05) is 0 Å². The Morgan fingerprint density at radius 3 is 3.13 bits per heavy atom. The van der Waals surface area contributed by atoms with Crippen LogP contribution in [-0.4, -0.2) is 13.2 Å². The van der Waals surface area contributed by atoms with Gasteiger partial charge in [0.15, 0.2) is 0 Å². The van der Waals surface area contributed by atoms with Crippen LogP contribution in [0.5, 0.6) is 5.75 Å². The number of rotatable bonds is 3. The summed E-state index contributed by atoms with van der Waals surface area (Å²) in [5.41, 5.74) is 2.86. The zero-order valence-electron chi connectivity index (χ0n) is 9.55. The maximum Gasteiger partial charge on any atom is 0.119 e. The Morgan fingerprint density at radius 2 is 2.33 bits per heavy atom. The lowest BCUT2D eigenvalue weighted by Gasteiger charge is -2.23. The smallest absolute Gasteiger partial charge is 0.119 e. The molecule has 2 heteroatoms. The van der Waals surface area contributed by atoms with E-state index in [0.29, 0.717) is 5.92 Å². The molecule has 2 nitrogen and oxygen atoms in total. The second-order valence-electron chi connectivity index (χ2n) is 4.24. The van der Waals surface area contributed by atoms with Gasteiger partial charge in [-0.15, -0.1) is 0 Å². The van der Waals surface area contributed by atoms with Crippen molar-refractivity contribution in [2.75, 3.05) is 13.2 Å². The monoisotopic (exact) mass is 205 g/mol. The van der Waals surface area contributed by atoms with E-state index in [1.54, 1.807) is 0 Å². The molecule has 0 aromatic heterocycles. The summed E-state index contributed by atoms with van der Waals surface area (Å²) in [6.45, 7) is 7.26. The van der Waals surface area contributed by atoms with E-state index in [0.717, 1.165) is 31.9 Å². The van der Waals surface area contributed by atoms with Gasteiger partial charge in [-0.1, -0.05) is 19.9 Å². The fourth-order valence-electron chi connectivity index (χ4n) is 2.06. The Balaban J connectivity index is 2.18. The Morgan fingerprint density at radius 1 is 1.47 bits per heavy atom. The largest absolute Gasteiger partial charge is 0.494 e. The first kappa shape index (κ1) is 10.5. The van der Waals surface area contributed by atoms with E-state index in [4.69, 9.17) is 4.74 Å². The normalized spacial score (nSPS) is 19.7. The van der Waals surface area contributed by atoms with Crippen LogP contribution in [0.4, 0.5) is 0 Å². The molecule has 1 atom stereocenters. The average Bonchev–Trinajstić information content (AvgIpc) is 2.26. The quantitative estimate of drug-likeness (QED) is 0.819. The lowest BCUT2D eigenvalue weighted by atomic mass is 9.92. The molecule has 0 radical (unpaired) electrons. The van der Waals surface area contributed by atoms with E-state index in [2.05, 4.69) is 37.4 Å². The molecule has 0 saturated carbocycles. The highest BCUT2D eigenvalue weighted by Crippen LogP contribution is 2.27. The van der Waals surface area contributed by atoms with Crippen molar-refractivity contribution >= 4 is 0 Å². The van der Waals surface area contributed by atoms with Gasteiger partial charge in [0.2, 0.25) is 0 Å². The molecular weight excluding hydrogens is 186 g/mol. The van der Waals surface area contributed by atoms with Crippen LogP contribution in [-0.2, 0) is 6.54 Å². The predicted molar refractivity (Wildman–Crippen MR) is 62.3 cm³/mol. The molecule has 0 saturated heterocycles. The summed E-state index contributed by atoms with van der Waals surface area (Å²) < 4.78 is 5.63. The Bertz CT molecular complexity index is 335. The fraction of sp³-hybridized carbons (Fsp3) is 0.538. The van der Waals surface area contributed by atoms with Crippen molar-refractivity contribution in [1.29, 1.82) is 0 Å². The van der Waals surface area contributed by atoms with Crippen LogP contribution in [0.2, 0.25) is 0 Å².